The van der Waals surface area contributed by atoms with E-state index in [0.29, 0.717) is 0 Å². The quantitative estimate of drug-likeness (QED) is 0.772. The molecule has 0 amide bonds. The molecule has 0 aliphatic heterocycles. The Morgan fingerprint density at radius 2 is 2.06 bits per heavy atom. The van der Waals surface area contributed by atoms with Crippen molar-refractivity contribution >= 4 is 0 Å². The molecule has 0 aliphatic rings. The Morgan fingerprint density at radius 1 is 1.31 bits per heavy atom. The Hall–Kier alpha value is -0.930. The molecule has 90 valence electrons. The maximum Gasteiger partial charge on any atom is 0.123 e. The Labute approximate surface area is 97.3 Å². The highest BCUT2D eigenvalue weighted by molar-refractivity contribution is 5.16. The first kappa shape index (κ1) is 13.1. The lowest BCUT2D eigenvalue weighted by atomic mass is 10.1. The van der Waals surface area contributed by atoms with Crippen molar-refractivity contribution in [1.82, 2.24) is 10.6 Å². The summed E-state index contributed by atoms with van der Waals surface area (Å²) in [6.45, 7) is 6.07. The molecule has 0 aliphatic carbocycles. The van der Waals surface area contributed by atoms with E-state index in [1.54, 1.807) is 12.1 Å². The third kappa shape index (κ3) is 4.73. The van der Waals surface area contributed by atoms with Gasteiger partial charge in [0.15, 0.2) is 0 Å². The van der Waals surface area contributed by atoms with Crippen molar-refractivity contribution in [2.24, 2.45) is 0 Å². The summed E-state index contributed by atoms with van der Waals surface area (Å²) in [5, 5.41) is 6.59. The van der Waals surface area contributed by atoms with Crippen LogP contribution in [0.15, 0.2) is 24.3 Å². The van der Waals surface area contributed by atoms with Gasteiger partial charge in [0, 0.05) is 12.1 Å². The number of halogens is 1. The first-order valence-corrected chi connectivity index (χ1v) is 5.67. The molecule has 16 heavy (non-hydrogen) atoms. The summed E-state index contributed by atoms with van der Waals surface area (Å²) in [5.41, 5.74) is 1.11. The van der Waals surface area contributed by atoms with E-state index in [1.807, 2.05) is 13.1 Å². The van der Waals surface area contributed by atoms with Gasteiger partial charge in [0.05, 0.1) is 0 Å². The standard InChI is InChI=1S/C13H21FN2/c1-13(2,10-15-3)16-8-7-11-5-4-6-12(14)9-11/h4-6,9,15-16H,7-8,10H2,1-3H3. The summed E-state index contributed by atoms with van der Waals surface area (Å²) >= 11 is 0. The lowest BCUT2D eigenvalue weighted by Gasteiger charge is -2.26. The van der Waals surface area contributed by atoms with Crippen molar-refractivity contribution < 1.29 is 4.39 Å². The minimum Gasteiger partial charge on any atom is -0.318 e. The summed E-state index contributed by atoms with van der Waals surface area (Å²) < 4.78 is 12.9. The molecule has 3 heteroatoms. The molecule has 0 aromatic heterocycles. The summed E-state index contributed by atoms with van der Waals surface area (Å²) in [6, 6.07) is 6.77. The van der Waals surface area contributed by atoms with Crippen molar-refractivity contribution in [3.05, 3.63) is 35.6 Å². The SMILES string of the molecule is CNCC(C)(C)NCCc1cccc(F)c1. The molecule has 0 bridgehead atoms. The highest BCUT2D eigenvalue weighted by Crippen LogP contribution is 2.05. The maximum absolute atomic E-state index is 12.9. The van der Waals surface area contributed by atoms with Gasteiger partial charge in [-0.05, 0) is 51.6 Å². The fourth-order valence-electron chi connectivity index (χ4n) is 1.74. The van der Waals surface area contributed by atoms with Gasteiger partial charge in [-0.25, -0.2) is 4.39 Å². The molecule has 0 heterocycles. The number of hydrogen-bond donors (Lipinski definition) is 2. The zero-order valence-corrected chi connectivity index (χ0v) is 10.3. The van der Waals surface area contributed by atoms with E-state index in [9.17, 15) is 4.39 Å². The Kier molecular flexibility index (Phi) is 4.90. The van der Waals surface area contributed by atoms with Crippen molar-refractivity contribution in [3.63, 3.8) is 0 Å². The van der Waals surface area contributed by atoms with Gasteiger partial charge in [-0.3, -0.25) is 0 Å². The van der Waals surface area contributed by atoms with Gasteiger partial charge in [0.2, 0.25) is 0 Å². The van der Waals surface area contributed by atoms with Gasteiger partial charge in [0.1, 0.15) is 5.82 Å². The molecule has 0 fully saturated rings. The lowest BCUT2D eigenvalue weighted by molar-refractivity contribution is 0.378. The molecule has 0 spiro atoms. The second-order valence-electron chi connectivity index (χ2n) is 4.72. The predicted octanol–water partition coefficient (Wildman–Crippen LogP) is 1.96. The maximum atomic E-state index is 12.9. The van der Waals surface area contributed by atoms with Gasteiger partial charge >= 0.3 is 0 Å². The molecule has 0 atom stereocenters. The number of hydrogen-bond acceptors (Lipinski definition) is 2. The topological polar surface area (TPSA) is 24.1 Å². The smallest absolute Gasteiger partial charge is 0.123 e. The van der Waals surface area contributed by atoms with Gasteiger partial charge in [0.25, 0.3) is 0 Å². The molecule has 0 saturated heterocycles. The van der Waals surface area contributed by atoms with E-state index in [0.717, 1.165) is 25.1 Å². The molecule has 2 nitrogen and oxygen atoms in total. The van der Waals surface area contributed by atoms with Crippen molar-refractivity contribution in [1.29, 1.82) is 0 Å². The fraction of sp³-hybridized carbons (Fsp3) is 0.538. The minimum absolute atomic E-state index is 0.0715. The predicted molar refractivity (Wildman–Crippen MR) is 66.1 cm³/mol. The zero-order chi connectivity index (χ0) is 12.0. The monoisotopic (exact) mass is 224 g/mol. The summed E-state index contributed by atoms with van der Waals surface area (Å²) in [6.07, 6.45) is 0.852. The Balaban J connectivity index is 2.35. The fourth-order valence-corrected chi connectivity index (χ4v) is 1.74. The van der Waals surface area contributed by atoms with E-state index < -0.39 is 0 Å². The molecule has 2 N–H and O–H groups in total. The van der Waals surface area contributed by atoms with Crippen LogP contribution >= 0.6 is 0 Å². The third-order valence-corrected chi connectivity index (χ3v) is 2.52. The number of likely N-dealkylation sites (N-methyl/N-ethyl adjacent to an activating group) is 1. The van der Waals surface area contributed by atoms with E-state index in [2.05, 4.69) is 24.5 Å². The minimum atomic E-state index is -0.160. The number of benzene rings is 1. The van der Waals surface area contributed by atoms with Crippen LogP contribution in [0.3, 0.4) is 0 Å². The normalized spacial score (nSPS) is 11.8. The van der Waals surface area contributed by atoms with Crippen LogP contribution in [0.1, 0.15) is 19.4 Å². The third-order valence-electron chi connectivity index (χ3n) is 2.52. The summed E-state index contributed by atoms with van der Waals surface area (Å²) in [5.74, 6) is -0.160. The molecule has 0 unspecified atom stereocenters. The lowest BCUT2D eigenvalue weighted by Crippen LogP contribution is -2.47. The second kappa shape index (κ2) is 5.97. The number of nitrogens with one attached hydrogen (secondary N) is 2. The van der Waals surface area contributed by atoms with Gasteiger partial charge in [-0.15, -0.1) is 0 Å². The largest absolute Gasteiger partial charge is 0.318 e. The van der Waals surface area contributed by atoms with E-state index >= 15 is 0 Å². The molecule has 0 radical (unpaired) electrons. The van der Waals surface area contributed by atoms with E-state index in [-0.39, 0.29) is 11.4 Å². The molecule has 0 saturated carbocycles. The zero-order valence-electron chi connectivity index (χ0n) is 10.3. The van der Waals surface area contributed by atoms with Crippen LogP contribution in [0.4, 0.5) is 4.39 Å². The molecular weight excluding hydrogens is 203 g/mol. The van der Waals surface area contributed by atoms with Crippen LogP contribution in [0.2, 0.25) is 0 Å². The van der Waals surface area contributed by atoms with Crippen molar-refractivity contribution in [2.75, 3.05) is 20.1 Å². The summed E-state index contributed by atoms with van der Waals surface area (Å²) in [4.78, 5) is 0. The average molecular weight is 224 g/mol. The van der Waals surface area contributed by atoms with Crippen LogP contribution in [0.25, 0.3) is 0 Å². The second-order valence-corrected chi connectivity index (χ2v) is 4.72. The van der Waals surface area contributed by atoms with Gasteiger partial charge in [-0.2, -0.15) is 0 Å². The van der Waals surface area contributed by atoms with Crippen molar-refractivity contribution in [2.45, 2.75) is 25.8 Å². The molecule has 1 aromatic carbocycles. The highest BCUT2D eigenvalue weighted by Gasteiger charge is 2.14. The van der Waals surface area contributed by atoms with Crippen molar-refractivity contribution in [3.8, 4) is 0 Å². The first-order chi connectivity index (χ1) is 7.53. The molecular formula is C13H21FN2. The average Bonchev–Trinajstić information content (AvgIpc) is 2.17. The first-order valence-electron chi connectivity index (χ1n) is 5.67. The Bertz CT molecular complexity index is 323. The van der Waals surface area contributed by atoms with Crippen LogP contribution in [0, 0.1) is 5.82 Å². The van der Waals surface area contributed by atoms with E-state index in [1.165, 1.54) is 6.07 Å². The van der Waals surface area contributed by atoms with E-state index in [4.69, 9.17) is 0 Å². The molecule has 1 rings (SSSR count). The highest BCUT2D eigenvalue weighted by atomic mass is 19.1. The van der Waals surface area contributed by atoms with Crippen LogP contribution in [-0.4, -0.2) is 25.7 Å². The summed E-state index contributed by atoms with van der Waals surface area (Å²) in [7, 11) is 1.94. The molecule has 1 aromatic rings. The van der Waals surface area contributed by atoms with Crippen LogP contribution in [-0.2, 0) is 6.42 Å². The Morgan fingerprint density at radius 3 is 2.69 bits per heavy atom. The van der Waals surface area contributed by atoms with Gasteiger partial charge in [-0.1, -0.05) is 12.1 Å². The van der Waals surface area contributed by atoms with Gasteiger partial charge < -0.3 is 10.6 Å². The number of rotatable bonds is 6. The van der Waals surface area contributed by atoms with Crippen LogP contribution in [0.5, 0.6) is 0 Å². The van der Waals surface area contributed by atoms with Crippen LogP contribution < -0.4 is 10.6 Å².